The summed E-state index contributed by atoms with van der Waals surface area (Å²) in [5, 5.41) is 49.7. The van der Waals surface area contributed by atoms with E-state index in [4.69, 9.17) is 9.47 Å². The Labute approximate surface area is 184 Å². The predicted octanol–water partition coefficient (Wildman–Crippen LogP) is 1.18. The van der Waals surface area contributed by atoms with Crippen LogP contribution in [0.4, 0.5) is 8.78 Å². The summed E-state index contributed by atoms with van der Waals surface area (Å²) in [5.41, 5.74) is 1.12. The maximum absolute atomic E-state index is 14.9. The standard InChI is InChI=1S/C23H28F2O7/c1-3-12-4-5-14(16(24)6-12)9-15-17(25)7-13(10-26)8-18(15)31-23-21(30)19(28)20(29)22(32-23)11(2)27/h4-8,11,19-23,26-30H,3,9-10H2,1-2H3/t11-,19+,20+,21-,22-,23-/m1/s1. The number of ether oxygens (including phenoxy) is 2. The molecule has 176 valence electrons. The highest BCUT2D eigenvalue weighted by Gasteiger charge is 2.46. The minimum atomic E-state index is -1.71. The van der Waals surface area contributed by atoms with E-state index in [1.807, 2.05) is 6.92 Å². The summed E-state index contributed by atoms with van der Waals surface area (Å²) in [6, 6.07) is 7.07. The number of benzene rings is 2. The highest BCUT2D eigenvalue weighted by atomic mass is 19.1. The molecule has 0 bridgehead atoms. The van der Waals surface area contributed by atoms with Gasteiger partial charge < -0.3 is 35.0 Å². The van der Waals surface area contributed by atoms with Crippen LogP contribution in [0.25, 0.3) is 0 Å². The Morgan fingerprint density at radius 1 is 1.00 bits per heavy atom. The van der Waals surface area contributed by atoms with E-state index in [0.29, 0.717) is 6.42 Å². The monoisotopic (exact) mass is 454 g/mol. The second-order valence-corrected chi connectivity index (χ2v) is 7.97. The topological polar surface area (TPSA) is 120 Å². The van der Waals surface area contributed by atoms with E-state index < -0.39 is 55.1 Å². The van der Waals surface area contributed by atoms with Crippen LogP contribution in [-0.2, 0) is 24.2 Å². The minimum Gasteiger partial charge on any atom is -0.462 e. The molecule has 1 saturated heterocycles. The van der Waals surface area contributed by atoms with Gasteiger partial charge in [-0.2, -0.15) is 0 Å². The Hall–Kier alpha value is -2.14. The first-order valence-corrected chi connectivity index (χ1v) is 10.4. The number of rotatable bonds is 7. The van der Waals surface area contributed by atoms with Crippen molar-refractivity contribution in [3.8, 4) is 5.75 Å². The van der Waals surface area contributed by atoms with Crippen molar-refractivity contribution in [2.24, 2.45) is 0 Å². The van der Waals surface area contributed by atoms with Gasteiger partial charge in [-0.15, -0.1) is 0 Å². The van der Waals surface area contributed by atoms with Crippen LogP contribution in [0.5, 0.6) is 5.75 Å². The molecule has 1 fully saturated rings. The Balaban J connectivity index is 1.96. The van der Waals surface area contributed by atoms with Crippen molar-refractivity contribution >= 4 is 0 Å². The second kappa shape index (κ2) is 10.2. The summed E-state index contributed by atoms with van der Waals surface area (Å²) < 4.78 is 40.5. The van der Waals surface area contributed by atoms with E-state index in [0.717, 1.165) is 11.6 Å². The van der Waals surface area contributed by atoms with Gasteiger partial charge in [-0.25, -0.2) is 8.78 Å². The zero-order chi connectivity index (χ0) is 23.6. The van der Waals surface area contributed by atoms with Crippen molar-refractivity contribution in [1.29, 1.82) is 0 Å². The number of aliphatic hydroxyl groups excluding tert-OH is 5. The molecule has 0 saturated carbocycles. The molecule has 1 heterocycles. The first-order chi connectivity index (χ1) is 15.2. The fourth-order valence-corrected chi connectivity index (χ4v) is 3.67. The fraction of sp³-hybridized carbons (Fsp3) is 0.478. The zero-order valence-electron chi connectivity index (χ0n) is 17.8. The summed E-state index contributed by atoms with van der Waals surface area (Å²) in [6.07, 6.45) is -8.56. The quantitative estimate of drug-likeness (QED) is 0.426. The number of hydrogen-bond acceptors (Lipinski definition) is 7. The maximum Gasteiger partial charge on any atom is 0.229 e. The number of aryl methyl sites for hydroxylation is 1. The van der Waals surface area contributed by atoms with Gasteiger partial charge >= 0.3 is 0 Å². The molecule has 0 spiro atoms. The van der Waals surface area contributed by atoms with Gasteiger partial charge in [0, 0.05) is 12.0 Å². The smallest absolute Gasteiger partial charge is 0.229 e. The Morgan fingerprint density at radius 2 is 1.69 bits per heavy atom. The molecule has 9 heteroatoms. The van der Waals surface area contributed by atoms with Crippen LogP contribution >= 0.6 is 0 Å². The summed E-state index contributed by atoms with van der Waals surface area (Å²) in [5.74, 6) is -1.41. The average Bonchev–Trinajstić information content (AvgIpc) is 2.76. The molecule has 1 aliphatic rings. The third kappa shape index (κ3) is 5.09. The average molecular weight is 454 g/mol. The van der Waals surface area contributed by atoms with Crippen molar-refractivity contribution in [1.82, 2.24) is 0 Å². The number of hydrogen-bond donors (Lipinski definition) is 5. The lowest BCUT2D eigenvalue weighted by Crippen LogP contribution is -2.61. The van der Waals surface area contributed by atoms with Gasteiger partial charge in [0.2, 0.25) is 6.29 Å². The minimum absolute atomic E-state index is 0.0460. The molecule has 0 aromatic heterocycles. The molecule has 2 aromatic carbocycles. The summed E-state index contributed by atoms with van der Waals surface area (Å²) >= 11 is 0. The molecule has 7 nitrogen and oxygen atoms in total. The second-order valence-electron chi connectivity index (χ2n) is 7.97. The van der Waals surface area contributed by atoms with Crippen LogP contribution in [0.3, 0.4) is 0 Å². The number of halogens is 2. The highest BCUT2D eigenvalue weighted by Crippen LogP contribution is 2.32. The molecule has 1 aliphatic heterocycles. The molecule has 6 atom stereocenters. The molecule has 3 rings (SSSR count). The molecule has 0 unspecified atom stereocenters. The van der Waals surface area contributed by atoms with E-state index in [1.165, 1.54) is 19.1 Å². The van der Waals surface area contributed by atoms with E-state index in [9.17, 15) is 34.3 Å². The van der Waals surface area contributed by atoms with Crippen molar-refractivity contribution in [3.05, 3.63) is 64.2 Å². The lowest BCUT2D eigenvalue weighted by molar-refractivity contribution is -0.286. The van der Waals surface area contributed by atoms with Crippen LogP contribution in [0.1, 0.15) is 36.1 Å². The largest absolute Gasteiger partial charge is 0.462 e. The molecule has 0 aliphatic carbocycles. The van der Waals surface area contributed by atoms with E-state index >= 15 is 0 Å². The predicted molar refractivity (Wildman–Crippen MR) is 110 cm³/mol. The molecule has 0 radical (unpaired) electrons. The summed E-state index contributed by atoms with van der Waals surface area (Å²) in [4.78, 5) is 0. The third-order valence-corrected chi connectivity index (χ3v) is 5.61. The molecule has 0 amide bonds. The van der Waals surface area contributed by atoms with Gasteiger partial charge in [0.05, 0.1) is 12.7 Å². The van der Waals surface area contributed by atoms with Crippen molar-refractivity contribution in [3.63, 3.8) is 0 Å². The molecule has 2 aromatic rings. The van der Waals surface area contributed by atoms with Gasteiger partial charge in [-0.1, -0.05) is 19.1 Å². The Bertz CT molecular complexity index is 937. The Morgan fingerprint density at radius 3 is 2.28 bits per heavy atom. The lowest BCUT2D eigenvalue weighted by atomic mass is 9.96. The van der Waals surface area contributed by atoms with Gasteiger partial charge in [-0.3, -0.25) is 0 Å². The SMILES string of the molecule is CCc1ccc(Cc2c(F)cc(CO)cc2O[C@@H]2O[C@H]([C@@H](C)O)[C@@H](O)[C@H](O)[C@H]2O)c(F)c1. The molecular weight excluding hydrogens is 426 g/mol. The van der Waals surface area contributed by atoms with E-state index in [-0.39, 0.29) is 28.9 Å². The van der Waals surface area contributed by atoms with Gasteiger partial charge in [0.15, 0.2) is 0 Å². The van der Waals surface area contributed by atoms with Crippen LogP contribution < -0.4 is 4.74 Å². The Kier molecular flexibility index (Phi) is 7.81. The van der Waals surface area contributed by atoms with Crippen molar-refractivity contribution in [2.45, 2.75) is 70.1 Å². The van der Waals surface area contributed by atoms with Crippen LogP contribution in [0.2, 0.25) is 0 Å². The zero-order valence-corrected chi connectivity index (χ0v) is 17.8. The summed E-state index contributed by atoms with van der Waals surface area (Å²) in [6.45, 7) is 2.71. The van der Waals surface area contributed by atoms with Gasteiger partial charge in [0.1, 0.15) is 41.8 Å². The first-order valence-electron chi connectivity index (χ1n) is 10.4. The van der Waals surface area contributed by atoms with Crippen molar-refractivity contribution in [2.75, 3.05) is 0 Å². The lowest BCUT2D eigenvalue weighted by Gasteiger charge is -2.41. The first kappa shape index (κ1) is 24.5. The fourth-order valence-electron chi connectivity index (χ4n) is 3.67. The van der Waals surface area contributed by atoms with E-state index in [2.05, 4.69) is 0 Å². The van der Waals surface area contributed by atoms with Crippen LogP contribution in [-0.4, -0.2) is 62.3 Å². The van der Waals surface area contributed by atoms with Gasteiger partial charge in [-0.05, 0) is 48.2 Å². The summed E-state index contributed by atoms with van der Waals surface area (Å²) in [7, 11) is 0. The van der Waals surface area contributed by atoms with Gasteiger partial charge in [0.25, 0.3) is 0 Å². The number of aliphatic hydroxyl groups is 5. The molecular formula is C23H28F2O7. The maximum atomic E-state index is 14.9. The normalized spacial score (nSPS) is 26.7. The van der Waals surface area contributed by atoms with Crippen LogP contribution in [0.15, 0.2) is 30.3 Å². The third-order valence-electron chi connectivity index (χ3n) is 5.61. The highest BCUT2D eigenvalue weighted by molar-refractivity contribution is 5.42. The van der Waals surface area contributed by atoms with Crippen molar-refractivity contribution < 1.29 is 43.8 Å². The molecule has 5 N–H and O–H groups in total. The molecule has 32 heavy (non-hydrogen) atoms. The van der Waals surface area contributed by atoms with Crippen LogP contribution in [0, 0.1) is 11.6 Å². The van der Waals surface area contributed by atoms with E-state index in [1.54, 1.807) is 12.1 Å².